The molecule has 3 heteroatoms. The van der Waals surface area contributed by atoms with Crippen LogP contribution in [-0.4, -0.2) is 27.9 Å². The fourth-order valence-corrected chi connectivity index (χ4v) is 2.85. The van der Waals surface area contributed by atoms with Gasteiger partial charge in [-0.15, -0.1) is 0 Å². The van der Waals surface area contributed by atoms with Crippen LogP contribution in [0, 0.1) is 6.92 Å². The molecule has 0 aromatic carbocycles. The molecule has 0 radical (unpaired) electrons. The zero-order valence-electron chi connectivity index (χ0n) is 12.2. The maximum Gasteiger partial charge on any atom is 0.255 e. The first-order valence-corrected chi connectivity index (χ1v) is 7.38. The van der Waals surface area contributed by atoms with Gasteiger partial charge < -0.3 is 4.90 Å². The Hall–Kier alpha value is -1.38. The molecule has 3 nitrogen and oxygen atoms in total. The number of nitrogens with zero attached hydrogens (tertiary/aromatic N) is 2. The molecule has 2 rings (SSSR count). The van der Waals surface area contributed by atoms with Crippen molar-refractivity contribution in [3.05, 3.63) is 29.6 Å². The van der Waals surface area contributed by atoms with Crippen LogP contribution >= 0.6 is 0 Å². The highest BCUT2D eigenvalue weighted by Crippen LogP contribution is 2.27. The molecule has 0 spiro atoms. The maximum atomic E-state index is 12.7. The summed E-state index contributed by atoms with van der Waals surface area (Å²) in [5.74, 6) is 0.147. The number of rotatable bonds is 4. The maximum absolute atomic E-state index is 12.7. The molecule has 1 heterocycles. The summed E-state index contributed by atoms with van der Waals surface area (Å²) in [6.45, 7) is 6.24. The van der Waals surface area contributed by atoms with Crippen molar-refractivity contribution in [2.45, 2.75) is 65.0 Å². The highest BCUT2D eigenvalue weighted by molar-refractivity contribution is 5.94. The van der Waals surface area contributed by atoms with Crippen molar-refractivity contribution in [3.63, 3.8) is 0 Å². The Morgan fingerprint density at radius 3 is 2.63 bits per heavy atom. The minimum atomic E-state index is 0.147. The van der Waals surface area contributed by atoms with E-state index >= 15 is 0 Å². The SMILES string of the molecule is CCC(C)N(C(=O)c1ccc(C)nc1)C1CCCC1. The van der Waals surface area contributed by atoms with Gasteiger partial charge in [-0.2, -0.15) is 0 Å². The standard InChI is InChI=1S/C16H24N2O/c1-4-13(3)18(15-7-5-6-8-15)16(19)14-10-9-12(2)17-11-14/h9-11,13,15H,4-8H2,1-3H3. The lowest BCUT2D eigenvalue weighted by atomic mass is 10.1. The molecule has 0 bridgehead atoms. The molecule has 1 unspecified atom stereocenters. The Kier molecular flexibility index (Phi) is 4.56. The number of hydrogen-bond donors (Lipinski definition) is 0. The van der Waals surface area contributed by atoms with Gasteiger partial charge in [-0.1, -0.05) is 19.8 Å². The minimum Gasteiger partial charge on any atom is -0.333 e. The van der Waals surface area contributed by atoms with Crippen molar-refractivity contribution in [3.8, 4) is 0 Å². The van der Waals surface area contributed by atoms with Crippen molar-refractivity contribution >= 4 is 5.91 Å². The summed E-state index contributed by atoms with van der Waals surface area (Å²) in [5, 5.41) is 0. The van der Waals surface area contributed by atoms with Crippen LogP contribution < -0.4 is 0 Å². The Labute approximate surface area is 116 Å². The van der Waals surface area contributed by atoms with Gasteiger partial charge in [-0.05, 0) is 45.2 Å². The van der Waals surface area contributed by atoms with Crippen molar-refractivity contribution < 1.29 is 4.79 Å². The fourth-order valence-electron chi connectivity index (χ4n) is 2.85. The Balaban J connectivity index is 2.21. The third-order valence-corrected chi connectivity index (χ3v) is 4.18. The average molecular weight is 260 g/mol. The second-order valence-electron chi connectivity index (χ2n) is 5.60. The molecule has 0 aliphatic heterocycles. The van der Waals surface area contributed by atoms with E-state index in [0.29, 0.717) is 12.1 Å². The molecule has 1 aromatic rings. The molecule has 1 saturated carbocycles. The van der Waals surface area contributed by atoms with Gasteiger partial charge in [0.1, 0.15) is 0 Å². The molecule has 1 fully saturated rings. The zero-order valence-corrected chi connectivity index (χ0v) is 12.2. The van der Waals surface area contributed by atoms with Gasteiger partial charge in [0.15, 0.2) is 0 Å². The quantitative estimate of drug-likeness (QED) is 0.829. The zero-order chi connectivity index (χ0) is 13.8. The largest absolute Gasteiger partial charge is 0.333 e. The second-order valence-corrected chi connectivity index (χ2v) is 5.60. The van der Waals surface area contributed by atoms with Crippen molar-refractivity contribution in [2.75, 3.05) is 0 Å². The molecule has 0 saturated heterocycles. The highest BCUT2D eigenvalue weighted by Gasteiger charge is 2.30. The lowest BCUT2D eigenvalue weighted by Gasteiger charge is -2.34. The van der Waals surface area contributed by atoms with Gasteiger partial charge in [0, 0.05) is 24.0 Å². The topological polar surface area (TPSA) is 33.2 Å². The van der Waals surface area contributed by atoms with Crippen molar-refractivity contribution in [2.24, 2.45) is 0 Å². The number of aryl methyl sites for hydroxylation is 1. The molecule has 1 atom stereocenters. The number of amides is 1. The summed E-state index contributed by atoms with van der Waals surface area (Å²) in [7, 11) is 0. The summed E-state index contributed by atoms with van der Waals surface area (Å²) in [4.78, 5) is 19.1. The molecule has 19 heavy (non-hydrogen) atoms. The number of hydrogen-bond acceptors (Lipinski definition) is 2. The van der Waals surface area contributed by atoms with E-state index in [-0.39, 0.29) is 5.91 Å². The van der Waals surface area contributed by atoms with Gasteiger partial charge in [0.05, 0.1) is 5.56 Å². The number of pyridine rings is 1. The van der Waals surface area contributed by atoms with Gasteiger partial charge >= 0.3 is 0 Å². The van der Waals surface area contributed by atoms with E-state index in [1.165, 1.54) is 12.8 Å². The first-order chi connectivity index (χ1) is 9.13. The molecule has 1 aliphatic rings. The predicted octanol–water partition coefficient (Wildman–Crippen LogP) is 3.57. The van der Waals surface area contributed by atoms with Crippen LogP contribution in [0.5, 0.6) is 0 Å². The van der Waals surface area contributed by atoms with Gasteiger partial charge in [0.25, 0.3) is 5.91 Å². The van der Waals surface area contributed by atoms with E-state index in [4.69, 9.17) is 0 Å². The fraction of sp³-hybridized carbons (Fsp3) is 0.625. The molecule has 0 N–H and O–H groups in total. The van der Waals surface area contributed by atoms with Gasteiger partial charge in [-0.3, -0.25) is 9.78 Å². The molecule has 1 amide bonds. The van der Waals surface area contributed by atoms with Gasteiger partial charge in [-0.25, -0.2) is 0 Å². The van der Waals surface area contributed by atoms with Crippen molar-refractivity contribution in [1.82, 2.24) is 9.88 Å². The molecular weight excluding hydrogens is 236 g/mol. The lowest BCUT2D eigenvalue weighted by Crippen LogP contribution is -2.44. The lowest BCUT2D eigenvalue weighted by molar-refractivity contribution is 0.0589. The van der Waals surface area contributed by atoms with Crippen LogP contribution in [0.1, 0.15) is 62.0 Å². The summed E-state index contributed by atoms with van der Waals surface area (Å²) >= 11 is 0. The normalized spacial score (nSPS) is 17.4. The summed E-state index contributed by atoms with van der Waals surface area (Å²) in [6.07, 6.45) is 7.50. The van der Waals surface area contributed by atoms with E-state index in [1.807, 2.05) is 19.1 Å². The predicted molar refractivity (Wildman–Crippen MR) is 77.2 cm³/mol. The van der Waals surface area contributed by atoms with E-state index in [1.54, 1.807) is 6.20 Å². The molecule has 1 aromatic heterocycles. The second kappa shape index (κ2) is 6.18. The third kappa shape index (κ3) is 3.14. The van der Waals surface area contributed by atoms with Crippen LogP contribution in [0.25, 0.3) is 0 Å². The summed E-state index contributed by atoms with van der Waals surface area (Å²) in [5.41, 5.74) is 1.67. The van der Waals surface area contributed by atoms with Crippen LogP contribution in [0.3, 0.4) is 0 Å². The Morgan fingerprint density at radius 1 is 1.42 bits per heavy atom. The summed E-state index contributed by atoms with van der Waals surface area (Å²) in [6, 6.07) is 4.53. The number of aromatic nitrogens is 1. The van der Waals surface area contributed by atoms with Crippen LogP contribution in [-0.2, 0) is 0 Å². The smallest absolute Gasteiger partial charge is 0.255 e. The van der Waals surface area contributed by atoms with E-state index in [9.17, 15) is 4.79 Å². The monoisotopic (exact) mass is 260 g/mol. The van der Waals surface area contributed by atoms with Gasteiger partial charge in [0.2, 0.25) is 0 Å². The van der Waals surface area contributed by atoms with Crippen LogP contribution in [0.15, 0.2) is 18.3 Å². The molecular formula is C16H24N2O. The van der Waals surface area contributed by atoms with E-state index < -0.39 is 0 Å². The van der Waals surface area contributed by atoms with E-state index in [0.717, 1.165) is 30.5 Å². The Bertz CT molecular complexity index is 421. The van der Waals surface area contributed by atoms with Crippen molar-refractivity contribution in [1.29, 1.82) is 0 Å². The summed E-state index contributed by atoms with van der Waals surface area (Å²) < 4.78 is 0. The Morgan fingerprint density at radius 2 is 2.11 bits per heavy atom. The number of carbonyl (C=O) groups is 1. The number of carbonyl (C=O) groups excluding carboxylic acids is 1. The minimum absolute atomic E-state index is 0.147. The first kappa shape index (κ1) is 14.0. The highest BCUT2D eigenvalue weighted by atomic mass is 16.2. The van der Waals surface area contributed by atoms with Crippen LogP contribution in [0.4, 0.5) is 0 Å². The molecule has 1 aliphatic carbocycles. The molecule has 104 valence electrons. The third-order valence-electron chi connectivity index (χ3n) is 4.18. The first-order valence-electron chi connectivity index (χ1n) is 7.38. The average Bonchev–Trinajstić information content (AvgIpc) is 2.93. The van der Waals surface area contributed by atoms with Crippen LogP contribution in [0.2, 0.25) is 0 Å². The van der Waals surface area contributed by atoms with E-state index in [2.05, 4.69) is 23.7 Å².